The molecule has 0 aliphatic heterocycles. The lowest BCUT2D eigenvalue weighted by atomic mass is 9.81. The summed E-state index contributed by atoms with van der Waals surface area (Å²) in [7, 11) is 2.09. The lowest BCUT2D eigenvalue weighted by Gasteiger charge is -2.34. The number of hydrogen-bond acceptors (Lipinski definition) is 1. The van der Waals surface area contributed by atoms with Crippen LogP contribution in [0.1, 0.15) is 59.8 Å². The van der Waals surface area contributed by atoms with E-state index < -0.39 is 0 Å². The first kappa shape index (κ1) is 13.7. The Hall–Kier alpha value is -0.300. The van der Waals surface area contributed by atoms with Gasteiger partial charge in [0.1, 0.15) is 0 Å². The zero-order valence-electron chi connectivity index (χ0n) is 10.6. The van der Waals surface area contributed by atoms with E-state index in [1.807, 2.05) is 13.8 Å². The van der Waals surface area contributed by atoms with Gasteiger partial charge in [-0.3, -0.25) is 0 Å². The number of allylic oxidation sites excluding steroid dienone is 1. The zero-order valence-corrected chi connectivity index (χ0v) is 10.6. The van der Waals surface area contributed by atoms with Crippen LogP contribution in [-0.4, -0.2) is 12.6 Å². The molecule has 0 bridgehead atoms. The summed E-state index contributed by atoms with van der Waals surface area (Å²) in [4.78, 5) is 0. The Bertz CT molecular complexity index is 160. The van der Waals surface area contributed by atoms with E-state index in [0.29, 0.717) is 5.54 Å². The molecule has 1 saturated carbocycles. The summed E-state index contributed by atoms with van der Waals surface area (Å²) in [5.41, 5.74) is 1.77. The maximum Gasteiger partial charge on any atom is 0.0364 e. The van der Waals surface area contributed by atoms with Crippen molar-refractivity contribution in [3.8, 4) is 0 Å². The Morgan fingerprint density at radius 1 is 1.07 bits per heavy atom. The van der Waals surface area contributed by atoms with E-state index in [1.54, 1.807) is 0 Å². The maximum absolute atomic E-state index is 3.47. The molecule has 1 aliphatic carbocycles. The van der Waals surface area contributed by atoms with Crippen molar-refractivity contribution in [3.63, 3.8) is 0 Å². The second-order valence-electron chi connectivity index (χ2n) is 4.19. The molecule has 14 heavy (non-hydrogen) atoms. The molecule has 0 aromatic heterocycles. The van der Waals surface area contributed by atoms with Crippen LogP contribution >= 0.6 is 0 Å². The van der Waals surface area contributed by atoms with Crippen LogP contribution in [0.15, 0.2) is 11.6 Å². The quantitative estimate of drug-likeness (QED) is 0.662. The maximum atomic E-state index is 3.47. The fourth-order valence-electron chi connectivity index (χ4n) is 2.20. The lowest BCUT2D eigenvalue weighted by Crippen LogP contribution is -2.42. The van der Waals surface area contributed by atoms with Crippen LogP contribution in [-0.2, 0) is 0 Å². The molecule has 1 heteroatoms. The number of nitrogens with one attached hydrogen (secondary N) is 1. The second-order valence-corrected chi connectivity index (χ2v) is 4.19. The molecular weight excluding hydrogens is 170 g/mol. The lowest BCUT2D eigenvalue weighted by molar-refractivity contribution is 0.306. The molecule has 0 atom stereocenters. The molecule has 1 N–H and O–H groups in total. The first-order valence-corrected chi connectivity index (χ1v) is 6.03. The number of hydrogen-bond donors (Lipinski definition) is 1. The van der Waals surface area contributed by atoms with E-state index in [4.69, 9.17) is 0 Å². The highest BCUT2D eigenvalue weighted by Crippen LogP contribution is 2.29. The Morgan fingerprint density at radius 2 is 1.57 bits per heavy atom. The fraction of sp³-hybridized carbons (Fsp3) is 0.846. The first-order chi connectivity index (χ1) is 6.68. The van der Waals surface area contributed by atoms with Gasteiger partial charge in [0.2, 0.25) is 0 Å². The fourth-order valence-corrected chi connectivity index (χ4v) is 2.20. The molecule has 0 spiro atoms. The Kier molecular flexibility index (Phi) is 6.90. The minimum Gasteiger partial charge on any atom is -0.311 e. The highest BCUT2D eigenvalue weighted by molar-refractivity contribution is 5.11. The predicted molar refractivity (Wildman–Crippen MR) is 65.7 cm³/mol. The van der Waals surface area contributed by atoms with E-state index >= 15 is 0 Å². The second kappa shape index (κ2) is 7.05. The van der Waals surface area contributed by atoms with Crippen molar-refractivity contribution in [1.29, 1.82) is 0 Å². The van der Waals surface area contributed by atoms with Crippen molar-refractivity contribution in [2.75, 3.05) is 7.05 Å². The third kappa shape index (κ3) is 4.28. The first-order valence-electron chi connectivity index (χ1n) is 6.03. The van der Waals surface area contributed by atoms with Crippen LogP contribution in [0.25, 0.3) is 0 Å². The summed E-state index contributed by atoms with van der Waals surface area (Å²) in [6.07, 6.45) is 9.21. The van der Waals surface area contributed by atoms with Gasteiger partial charge in [-0.05, 0) is 33.7 Å². The average Bonchev–Trinajstić information content (AvgIpc) is 2.21. The largest absolute Gasteiger partial charge is 0.311 e. The van der Waals surface area contributed by atoms with Crippen molar-refractivity contribution in [2.45, 2.75) is 65.3 Å². The summed E-state index contributed by atoms with van der Waals surface area (Å²) in [5, 5.41) is 3.47. The Labute approximate surface area is 90.0 Å². The van der Waals surface area contributed by atoms with Gasteiger partial charge in [0.25, 0.3) is 0 Å². The average molecular weight is 197 g/mol. The SMILES string of the molecule is CC.CNC1(C=C(C)C)CCCCC1. The van der Waals surface area contributed by atoms with Gasteiger partial charge in [-0.2, -0.15) is 0 Å². The summed E-state index contributed by atoms with van der Waals surface area (Å²) in [6, 6.07) is 0. The molecular formula is C13H27N. The minimum atomic E-state index is 0.330. The number of likely N-dealkylation sites (N-methyl/N-ethyl adjacent to an activating group) is 1. The van der Waals surface area contributed by atoms with Crippen molar-refractivity contribution in [1.82, 2.24) is 5.32 Å². The minimum absolute atomic E-state index is 0.330. The summed E-state index contributed by atoms with van der Waals surface area (Å²) >= 11 is 0. The smallest absolute Gasteiger partial charge is 0.0364 e. The zero-order chi connectivity index (χ0) is 11.0. The molecule has 0 aromatic carbocycles. The van der Waals surface area contributed by atoms with Gasteiger partial charge in [-0.1, -0.05) is 44.8 Å². The molecule has 0 radical (unpaired) electrons. The molecule has 84 valence electrons. The van der Waals surface area contributed by atoms with Gasteiger partial charge in [-0.25, -0.2) is 0 Å². The van der Waals surface area contributed by atoms with Crippen LogP contribution in [0.4, 0.5) is 0 Å². The van der Waals surface area contributed by atoms with Crippen LogP contribution in [0, 0.1) is 0 Å². The molecule has 1 rings (SSSR count). The van der Waals surface area contributed by atoms with Crippen LogP contribution < -0.4 is 5.32 Å². The van der Waals surface area contributed by atoms with E-state index in [1.165, 1.54) is 37.7 Å². The van der Waals surface area contributed by atoms with E-state index in [0.717, 1.165) is 0 Å². The third-order valence-corrected chi connectivity index (χ3v) is 2.81. The molecule has 1 fully saturated rings. The Morgan fingerprint density at radius 3 is 1.93 bits per heavy atom. The van der Waals surface area contributed by atoms with Crippen molar-refractivity contribution >= 4 is 0 Å². The summed E-state index contributed by atoms with van der Waals surface area (Å²) in [6.45, 7) is 8.38. The van der Waals surface area contributed by atoms with Gasteiger partial charge in [0.15, 0.2) is 0 Å². The highest BCUT2D eigenvalue weighted by Gasteiger charge is 2.27. The normalized spacial score (nSPS) is 19.2. The predicted octanol–water partition coefficient (Wildman–Crippen LogP) is 3.90. The van der Waals surface area contributed by atoms with E-state index in [9.17, 15) is 0 Å². The van der Waals surface area contributed by atoms with Crippen LogP contribution in [0.3, 0.4) is 0 Å². The van der Waals surface area contributed by atoms with E-state index in [2.05, 4.69) is 32.3 Å². The molecule has 0 unspecified atom stereocenters. The molecule has 0 amide bonds. The van der Waals surface area contributed by atoms with Gasteiger partial charge in [-0.15, -0.1) is 0 Å². The Balaban J connectivity index is 0.000000791. The molecule has 0 saturated heterocycles. The van der Waals surface area contributed by atoms with Crippen molar-refractivity contribution < 1.29 is 0 Å². The topological polar surface area (TPSA) is 12.0 Å². The van der Waals surface area contributed by atoms with Gasteiger partial charge >= 0.3 is 0 Å². The van der Waals surface area contributed by atoms with Gasteiger partial charge < -0.3 is 5.32 Å². The summed E-state index contributed by atoms with van der Waals surface area (Å²) in [5.74, 6) is 0. The van der Waals surface area contributed by atoms with Gasteiger partial charge in [0, 0.05) is 5.54 Å². The van der Waals surface area contributed by atoms with Crippen molar-refractivity contribution in [3.05, 3.63) is 11.6 Å². The number of rotatable bonds is 2. The molecule has 1 aliphatic rings. The standard InChI is InChI=1S/C11H21N.C2H6/c1-10(2)9-11(12-3)7-5-4-6-8-11;1-2/h9,12H,4-8H2,1-3H3;1-2H3. The van der Waals surface area contributed by atoms with Gasteiger partial charge in [0.05, 0.1) is 0 Å². The van der Waals surface area contributed by atoms with E-state index in [-0.39, 0.29) is 0 Å². The van der Waals surface area contributed by atoms with Crippen LogP contribution in [0.5, 0.6) is 0 Å². The molecule has 1 nitrogen and oxygen atoms in total. The third-order valence-electron chi connectivity index (χ3n) is 2.81. The summed E-state index contributed by atoms with van der Waals surface area (Å²) < 4.78 is 0. The van der Waals surface area contributed by atoms with Crippen molar-refractivity contribution in [2.24, 2.45) is 0 Å². The van der Waals surface area contributed by atoms with Crippen LogP contribution in [0.2, 0.25) is 0 Å². The molecule has 0 aromatic rings. The highest BCUT2D eigenvalue weighted by atomic mass is 14.9. The molecule has 0 heterocycles. The monoisotopic (exact) mass is 197 g/mol.